The maximum absolute atomic E-state index is 12.4. The van der Waals surface area contributed by atoms with E-state index in [2.05, 4.69) is 5.32 Å². The molecule has 3 aromatic rings. The summed E-state index contributed by atoms with van der Waals surface area (Å²) in [7, 11) is 1.58. The third kappa shape index (κ3) is 2.61. The summed E-state index contributed by atoms with van der Waals surface area (Å²) in [5, 5.41) is 13.5. The molecular formula is C16H12ClNO3S. The first-order valence-corrected chi connectivity index (χ1v) is 7.65. The van der Waals surface area contributed by atoms with Gasteiger partial charge in [0.2, 0.25) is 0 Å². The largest absolute Gasteiger partial charge is 0.506 e. The van der Waals surface area contributed by atoms with Crippen molar-refractivity contribution in [3.8, 4) is 11.5 Å². The second kappa shape index (κ2) is 5.87. The van der Waals surface area contributed by atoms with Crippen LogP contribution in [0.1, 0.15) is 9.67 Å². The van der Waals surface area contributed by atoms with Crippen LogP contribution in [0.25, 0.3) is 10.1 Å². The Bertz CT molecular complexity index is 860. The van der Waals surface area contributed by atoms with Gasteiger partial charge in [-0.3, -0.25) is 4.79 Å². The average Bonchev–Trinajstić information content (AvgIpc) is 2.86. The lowest BCUT2D eigenvalue weighted by atomic mass is 10.2. The molecule has 0 fully saturated rings. The molecule has 22 heavy (non-hydrogen) atoms. The molecule has 112 valence electrons. The highest BCUT2D eigenvalue weighted by Crippen LogP contribution is 2.38. The molecule has 0 aliphatic carbocycles. The first kappa shape index (κ1) is 14.7. The molecular weight excluding hydrogens is 322 g/mol. The van der Waals surface area contributed by atoms with E-state index in [1.165, 1.54) is 17.4 Å². The smallest absolute Gasteiger partial charge is 0.267 e. The molecule has 0 aliphatic rings. The van der Waals surface area contributed by atoms with Gasteiger partial charge in [-0.1, -0.05) is 23.7 Å². The molecule has 0 saturated carbocycles. The molecule has 6 heteroatoms. The molecule has 0 radical (unpaired) electrons. The molecule has 0 unspecified atom stereocenters. The second-order valence-corrected chi connectivity index (χ2v) is 6.01. The molecule has 4 nitrogen and oxygen atoms in total. The van der Waals surface area contributed by atoms with Gasteiger partial charge in [-0.05, 0) is 30.3 Å². The lowest BCUT2D eigenvalue weighted by Gasteiger charge is -2.05. The number of hydrogen-bond acceptors (Lipinski definition) is 4. The first-order valence-electron chi connectivity index (χ1n) is 6.45. The van der Waals surface area contributed by atoms with Gasteiger partial charge >= 0.3 is 0 Å². The van der Waals surface area contributed by atoms with Crippen LogP contribution in [0.4, 0.5) is 5.69 Å². The molecule has 0 spiro atoms. The number of para-hydroxylation sites is 2. The fraction of sp³-hybridized carbons (Fsp3) is 0.0625. The summed E-state index contributed by atoms with van der Waals surface area (Å²) in [6.45, 7) is 0. The Balaban J connectivity index is 1.97. The van der Waals surface area contributed by atoms with Gasteiger partial charge in [0.1, 0.15) is 16.4 Å². The van der Waals surface area contributed by atoms with Crippen molar-refractivity contribution in [1.29, 1.82) is 0 Å². The number of ether oxygens (including phenoxy) is 1. The number of anilines is 1. The molecule has 3 rings (SSSR count). The van der Waals surface area contributed by atoms with Crippen LogP contribution in [-0.4, -0.2) is 18.1 Å². The number of phenolic OH excluding ortho intramolecular Hbond substituents is 1. The van der Waals surface area contributed by atoms with E-state index in [9.17, 15) is 9.90 Å². The van der Waals surface area contributed by atoms with E-state index in [1.807, 2.05) is 12.1 Å². The van der Waals surface area contributed by atoms with Crippen molar-refractivity contribution in [3.63, 3.8) is 0 Å². The maximum Gasteiger partial charge on any atom is 0.267 e. The lowest BCUT2D eigenvalue weighted by Crippen LogP contribution is -2.10. The number of nitrogens with one attached hydrogen (secondary N) is 1. The summed E-state index contributed by atoms with van der Waals surface area (Å²) in [5.74, 6) is 0.335. The number of halogens is 1. The second-order valence-electron chi connectivity index (χ2n) is 4.58. The van der Waals surface area contributed by atoms with E-state index in [1.54, 1.807) is 31.4 Å². The molecule has 2 N–H and O–H groups in total. The molecule has 1 amide bonds. The highest BCUT2D eigenvalue weighted by Gasteiger charge is 2.18. The van der Waals surface area contributed by atoms with Crippen LogP contribution < -0.4 is 10.1 Å². The molecule has 1 heterocycles. The van der Waals surface area contributed by atoms with E-state index in [0.717, 1.165) is 10.1 Å². The zero-order valence-corrected chi connectivity index (χ0v) is 13.2. The molecule has 0 atom stereocenters. The van der Waals surface area contributed by atoms with Crippen LogP contribution in [0.15, 0.2) is 42.5 Å². The number of carbonyl (C=O) groups excluding carboxylic acids is 1. The number of hydrogen-bond donors (Lipinski definition) is 2. The lowest BCUT2D eigenvalue weighted by molar-refractivity contribution is 0.103. The Hall–Kier alpha value is -2.24. The zero-order valence-electron chi connectivity index (χ0n) is 11.6. The topological polar surface area (TPSA) is 58.6 Å². The first-order chi connectivity index (χ1) is 10.6. The average molecular weight is 334 g/mol. The third-order valence-corrected chi connectivity index (χ3v) is 4.87. The number of aromatic hydroxyl groups is 1. The molecule has 2 aromatic carbocycles. The van der Waals surface area contributed by atoms with Gasteiger partial charge < -0.3 is 15.2 Å². The van der Waals surface area contributed by atoms with E-state index in [0.29, 0.717) is 21.3 Å². The summed E-state index contributed by atoms with van der Waals surface area (Å²) in [5.41, 5.74) is 0.346. The summed E-state index contributed by atoms with van der Waals surface area (Å²) < 4.78 is 6.07. The number of carbonyl (C=O) groups is 1. The summed E-state index contributed by atoms with van der Waals surface area (Å²) in [4.78, 5) is 12.8. The van der Waals surface area contributed by atoms with Crippen LogP contribution in [0.2, 0.25) is 5.02 Å². The van der Waals surface area contributed by atoms with Crippen molar-refractivity contribution in [2.45, 2.75) is 0 Å². The van der Waals surface area contributed by atoms with Crippen LogP contribution in [0.3, 0.4) is 0 Å². The number of methoxy groups -OCH3 is 1. The summed E-state index contributed by atoms with van der Waals surface area (Å²) in [6.07, 6.45) is 0. The van der Waals surface area contributed by atoms with Gasteiger partial charge in [-0.2, -0.15) is 0 Å². The number of thiophene rings is 1. The third-order valence-electron chi connectivity index (χ3n) is 3.19. The number of fused-ring (bicyclic) bond motifs is 1. The van der Waals surface area contributed by atoms with Crippen LogP contribution in [-0.2, 0) is 0 Å². The quantitative estimate of drug-likeness (QED) is 0.693. The summed E-state index contributed by atoms with van der Waals surface area (Å²) in [6, 6.07) is 12.0. The van der Waals surface area contributed by atoms with Crippen molar-refractivity contribution in [2.24, 2.45) is 0 Å². The summed E-state index contributed by atoms with van der Waals surface area (Å²) >= 11 is 7.61. The van der Waals surface area contributed by atoms with E-state index in [-0.39, 0.29) is 11.7 Å². The van der Waals surface area contributed by atoms with Crippen LogP contribution in [0, 0.1) is 0 Å². The maximum atomic E-state index is 12.4. The van der Waals surface area contributed by atoms with Crippen LogP contribution >= 0.6 is 22.9 Å². The van der Waals surface area contributed by atoms with Gasteiger partial charge in [0, 0.05) is 10.1 Å². The molecule has 1 aromatic heterocycles. The highest BCUT2D eigenvalue weighted by atomic mass is 35.5. The normalized spacial score (nSPS) is 10.6. The minimum absolute atomic E-state index is 0.00903. The molecule has 0 aliphatic heterocycles. The Kier molecular flexibility index (Phi) is 3.92. The predicted octanol–water partition coefficient (Wildman–Crippen LogP) is 4.52. The molecule has 0 bridgehead atoms. The number of benzene rings is 2. The van der Waals surface area contributed by atoms with Crippen molar-refractivity contribution < 1.29 is 14.6 Å². The fourth-order valence-electron chi connectivity index (χ4n) is 2.08. The monoisotopic (exact) mass is 333 g/mol. The Labute approximate surface area is 135 Å². The van der Waals surface area contributed by atoms with Gasteiger partial charge in [-0.25, -0.2) is 0 Å². The Morgan fingerprint density at radius 3 is 2.77 bits per heavy atom. The molecule has 0 saturated heterocycles. The van der Waals surface area contributed by atoms with E-state index < -0.39 is 0 Å². The van der Waals surface area contributed by atoms with E-state index in [4.69, 9.17) is 16.3 Å². The predicted molar refractivity (Wildman–Crippen MR) is 89.4 cm³/mol. The number of rotatable bonds is 3. The Morgan fingerprint density at radius 2 is 2.05 bits per heavy atom. The standard InChI is InChI=1S/C16H12ClNO3S/c1-21-9-6-7-13-10(8-9)14(17)15(22-13)16(20)18-11-4-2-3-5-12(11)19/h2-8,19H,1H3,(H,18,20). The zero-order chi connectivity index (χ0) is 15.7. The fourth-order valence-corrected chi connectivity index (χ4v) is 3.46. The Morgan fingerprint density at radius 1 is 1.27 bits per heavy atom. The van der Waals surface area contributed by atoms with Crippen molar-refractivity contribution in [3.05, 3.63) is 52.4 Å². The van der Waals surface area contributed by atoms with Gasteiger partial charge in [0.05, 0.1) is 17.8 Å². The highest BCUT2D eigenvalue weighted by molar-refractivity contribution is 7.21. The van der Waals surface area contributed by atoms with E-state index >= 15 is 0 Å². The van der Waals surface area contributed by atoms with Gasteiger partial charge in [-0.15, -0.1) is 11.3 Å². The van der Waals surface area contributed by atoms with Crippen molar-refractivity contribution in [2.75, 3.05) is 12.4 Å². The SMILES string of the molecule is COc1ccc2sc(C(=O)Nc3ccccc3O)c(Cl)c2c1. The minimum atomic E-state index is -0.355. The number of phenols is 1. The van der Waals surface area contributed by atoms with Gasteiger partial charge in [0.25, 0.3) is 5.91 Å². The minimum Gasteiger partial charge on any atom is -0.506 e. The van der Waals surface area contributed by atoms with Crippen LogP contribution in [0.5, 0.6) is 11.5 Å². The number of amides is 1. The van der Waals surface area contributed by atoms with Gasteiger partial charge in [0.15, 0.2) is 0 Å². The van der Waals surface area contributed by atoms with Crippen molar-refractivity contribution >= 4 is 44.6 Å². The van der Waals surface area contributed by atoms with Crippen molar-refractivity contribution in [1.82, 2.24) is 0 Å².